The van der Waals surface area contributed by atoms with E-state index in [1.807, 2.05) is 0 Å². The van der Waals surface area contributed by atoms with Gasteiger partial charge in [0.25, 0.3) is 5.91 Å². The Labute approximate surface area is 130 Å². The van der Waals surface area contributed by atoms with Crippen molar-refractivity contribution in [1.29, 1.82) is 0 Å². The molecule has 22 heavy (non-hydrogen) atoms. The Morgan fingerprint density at radius 1 is 1.27 bits per heavy atom. The van der Waals surface area contributed by atoms with Crippen LogP contribution in [0.25, 0.3) is 0 Å². The molecule has 2 aromatic heterocycles. The van der Waals surface area contributed by atoms with E-state index in [9.17, 15) is 9.18 Å². The Balaban J connectivity index is 1.57. The Morgan fingerprint density at radius 2 is 2.09 bits per heavy atom. The zero-order valence-electron chi connectivity index (χ0n) is 11.6. The number of carbonyl (C=O) groups is 1. The minimum Gasteiger partial charge on any atom is -0.459 e. The molecule has 0 spiro atoms. The van der Waals surface area contributed by atoms with E-state index < -0.39 is 0 Å². The molecule has 1 aromatic carbocycles. The summed E-state index contributed by atoms with van der Waals surface area (Å²) in [7, 11) is 0. The van der Waals surface area contributed by atoms with E-state index in [-0.39, 0.29) is 17.5 Å². The molecular formula is C16H13FN2O2S. The van der Waals surface area contributed by atoms with Gasteiger partial charge in [0.15, 0.2) is 5.76 Å². The summed E-state index contributed by atoms with van der Waals surface area (Å²) >= 11 is 1.52. The third-order valence-corrected chi connectivity index (χ3v) is 4.04. The number of hydrogen-bond acceptors (Lipinski definition) is 4. The smallest absolute Gasteiger partial charge is 0.287 e. The summed E-state index contributed by atoms with van der Waals surface area (Å²) in [5.74, 6) is -0.224. The number of aromatic nitrogens is 1. The van der Waals surface area contributed by atoms with Crippen molar-refractivity contribution in [3.05, 3.63) is 75.9 Å². The summed E-state index contributed by atoms with van der Waals surface area (Å²) in [4.78, 5) is 17.1. The first-order valence-electron chi connectivity index (χ1n) is 6.70. The highest BCUT2D eigenvalue weighted by Crippen LogP contribution is 2.17. The number of hydrogen-bond donors (Lipinski definition) is 1. The molecule has 0 aliphatic heterocycles. The second-order valence-electron chi connectivity index (χ2n) is 4.68. The Kier molecular flexibility index (Phi) is 4.29. The lowest BCUT2D eigenvalue weighted by Crippen LogP contribution is -2.22. The molecule has 0 saturated carbocycles. The molecule has 3 rings (SSSR count). The van der Waals surface area contributed by atoms with E-state index in [4.69, 9.17) is 4.42 Å². The van der Waals surface area contributed by atoms with Crippen LogP contribution in [0.1, 0.15) is 26.0 Å². The molecule has 0 fully saturated rings. The maximum absolute atomic E-state index is 12.9. The fourth-order valence-corrected chi connectivity index (χ4v) is 2.86. The predicted molar refractivity (Wildman–Crippen MR) is 81.2 cm³/mol. The van der Waals surface area contributed by atoms with Crippen LogP contribution in [0.4, 0.5) is 4.39 Å². The molecule has 0 atom stereocenters. The van der Waals surface area contributed by atoms with Crippen molar-refractivity contribution in [2.24, 2.45) is 0 Å². The number of nitrogens with one attached hydrogen (secondary N) is 1. The van der Waals surface area contributed by atoms with Crippen molar-refractivity contribution in [2.75, 3.05) is 0 Å². The summed E-state index contributed by atoms with van der Waals surface area (Å²) < 4.78 is 17.9. The number of thiazole rings is 1. The van der Waals surface area contributed by atoms with Gasteiger partial charge in [-0.2, -0.15) is 0 Å². The maximum atomic E-state index is 12.9. The molecule has 0 radical (unpaired) electrons. The fraction of sp³-hybridized carbons (Fsp3) is 0.125. The number of halogens is 1. The van der Waals surface area contributed by atoms with Crippen molar-refractivity contribution in [3.63, 3.8) is 0 Å². The largest absolute Gasteiger partial charge is 0.459 e. The van der Waals surface area contributed by atoms with Gasteiger partial charge < -0.3 is 9.73 Å². The van der Waals surface area contributed by atoms with E-state index in [0.717, 1.165) is 15.4 Å². The lowest BCUT2D eigenvalue weighted by atomic mass is 10.1. The monoisotopic (exact) mass is 316 g/mol. The molecule has 112 valence electrons. The fourth-order valence-electron chi connectivity index (χ4n) is 1.97. The number of amides is 1. The zero-order valence-corrected chi connectivity index (χ0v) is 12.4. The molecule has 6 heteroatoms. The number of furan rings is 1. The van der Waals surface area contributed by atoms with Gasteiger partial charge >= 0.3 is 0 Å². The highest BCUT2D eigenvalue weighted by molar-refractivity contribution is 7.11. The Bertz CT molecular complexity index is 751. The molecule has 1 N–H and O–H groups in total. The SMILES string of the molecule is O=C(NCc1ncc(Cc2ccc(F)cc2)s1)c1ccco1. The van der Waals surface area contributed by atoms with Crippen molar-refractivity contribution in [3.8, 4) is 0 Å². The van der Waals surface area contributed by atoms with Crippen LogP contribution in [0, 0.1) is 5.82 Å². The quantitative estimate of drug-likeness (QED) is 0.785. The standard InChI is InChI=1S/C16H13FN2O2S/c17-12-5-3-11(4-6-12)8-13-9-18-15(22-13)10-19-16(20)14-2-1-7-21-14/h1-7,9H,8,10H2,(H,19,20). The number of rotatable bonds is 5. The maximum Gasteiger partial charge on any atom is 0.287 e. The summed E-state index contributed by atoms with van der Waals surface area (Å²) in [6.07, 6.45) is 3.94. The van der Waals surface area contributed by atoms with Crippen molar-refractivity contribution < 1.29 is 13.6 Å². The molecule has 0 bridgehead atoms. The number of benzene rings is 1. The molecule has 0 saturated heterocycles. The summed E-state index contributed by atoms with van der Waals surface area (Å²) in [6, 6.07) is 9.68. The van der Waals surface area contributed by atoms with Crippen LogP contribution < -0.4 is 5.32 Å². The van der Waals surface area contributed by atoms with Crippen LogP contribution in [-0.2, 0) is 13.0 Å². The van der Waals surface area contributed by atoms with Gasteiger partial charge in [0.1, 0.15) is 10.8 Å². The van der Waals surface area contributed by atoms with Crippen LogP contribution in [0.15, 0.2) is 53.3 Å². The van der Waals surface area contributed by atoms with E-state index in [2.05, 4.69) is 10.3 Å². The van der Waals surface area contributed by atoms with Crippen molar-refractivity contribution >= 4 is 17.2 Å². The Morgan fingerprint density at radius 3 is 2.82 bits per heavy atom. The minimum atomic E-state index is -0.264. The first kappa shape index (κ1) is 14.5. The van der Waals surface area contributed by atoms with Crippen molar-refractivity contribution in [1.82, 2.24) is 10.3 Å². The first-order chi connectivity index (χ1) is 10.7. The minimum absolute atomic E-state index is 0.241. The molecule has 1 amide bonds. The van der Waals surface area contributed by atoms with E-state index >= 15 is 0 Å². The number of carbonyl (C=O) groups excluding carboxylic acids is 1. The predicted octanol–water partition coefficient (Wildman–Crippen LogP) is 3.40. The van der Waals surface area contributed by atoms with Crippen LogP contribution >= 0.6 is 11.3 Å². The summed E-state index contributed by atoms with van der Waals surface area (Å²) in [5.41, 5.74) is 1.02. The van der Waals surface area contributed by atoms with E-state index in [0.29, 0.717) is 13.0 Å². The third kappa shape index (κ3) is 3.59. The highest BCUT2D eigenvalue weighted by Gasteiger charge is 2.09. The molecule has 0 aliphatic rings. The van der Waals surface area contributed by atoms with Gasteiger partial charge in [-0.1, -0.05) is 12.1 Å². The second-order valence-corrected chi connectivity index (χ2v) is 5.88. The molecule has 0 aliphatic carbocycles. The normalized spacial score (nSPS) is 10.6. The van der Waals surface area contributed by atoms with Gasteiger partial charge in [0.2, 0.25) is 0 Å². The topological polar surface area (TPSA) is 55.1 Å². The van der Waals surface area contributed by atoms with Gasteiger partial charge in [-0.3, -0.25) is 4.79 Å². The van der Waals surface area contributed by atoms with E-state index in [1.165, 1.54) is 29.7 Å². The third-order valence-electron chi connectivity index (χ3n) is 3.04. The zero-order chi connectivity index (χ0) is 15.4. The first-order valence-corrected chi connectivity index (χ1v) is 7.52. The molecule has 4 nitrogen and oxygen atoms in total. The molecule has 0 unspecified atom stereocenters. The lowest BCUT2D eigenvalue weighted by molar-refractivity contribution is 0.0923. The second kappa shape index (κ2) is 6.53. The Hall–Kier alpha value is -2.47. The summed E-state index contributed by atoms with van der Waals surface area (Å²) in [5, 5.41) is 3.57. The van der Waals surface area contributed by atoms with Gasteiger partial charge in [-0.25, -0.2) is 9.37 Å². The van der Waals surface area contributed by atoms with Crippen molar-refractivity contribution in [2.45, 2.75) is 13.0 Å². The van der Waals surface area contributed by atoms with Gasteiger partial charge in [-0.15, -0.1) is 11.3 Å². The lowest BCUT2D eigenvalue weighted by Gasteiger charge is -1.99. The number of nitrogens with zero attached hydrogens (tertiary/aromatic N) is 1. The van der Waals surface area contributed by atoms with Crippen LogP contribution in [0.5, 0.6) is 0 Å². The van der Waals surface area contributed by atoms with Crippen LogP contribution in [0.3, 0.4) is 0 Å². The van der Waals surface area contributed by atoms with E-state index in [1.54, 1.807) is 30.5 Å². The molecule has 3 aromatic rings. The van der Waals surface area contributed by atoms with Gasteiger partial charge in [-0.05, 0) is 29.8 Å². The summed E-state index contributed by atoms with van der Waals surface area (Å²) in [6.45, 7) is 0.355. The van der Waals surface area contributed by atoms with Crippen LogP contribution in [-0.4, -0.2) is 10.9 Å². The van der Waals surface area contributed by atoms with Gasteiger partial charge in [0.05, 0.1) is 12.8 Å². The molecular weight excluding hydrogens is 303 g/mol. The highest BCUT2D eigenvalue weighted by atomic mass is 32.1. The average molecular weight is 316 g/mol. The average Bonchev–Trinajstić information content (AvgIpc) is 3.19. The van der Waals surface area contributed by atoms with Crippen LogP contribution in [0.2, 0.25) is 0 Å². The van der Waals surface area contributed by atoms with Gasteiger partial charge in [0, 0.05) is 17.5 Å². The molecule has 2 heterocycles.